The third-order valence-electron chi connectivity index (χ3n) is 3.76. The van der Waals surface area contributed by atoms with Crippen LogP contribution >= 0.6 is 11.3 Å². The summed E-state index contributed by atoms with van der Waals surface area (Å²) in [6, 6.07) is 8.43. The monoisotopic (exact) mass is 312 g/mol. The van der Waals surface area contributed by atoms with E-state index in [1.807, 2.05) is 37.6 Å². The minimum absolute atomic E-state index is 0.248. The van der Waals surface area contributed by atoms with E-state index < -0.39 is 0 Å². The standard InChI is InChI=1S/C16H16N4OS/c1-20-9-11(8-17-20)14-10-22-16(19-14)18-13-6-7-21-15-5-3-2-4-12(13)15/h2-5,8-10,13H,6-7H2,1H3,(H,18,19). The summed E-state index contributed by atoms with van der Waals surface area (Å²) >= 11 is 1.62. The lowest BCUT2D eigenvalue weighted by Gasteiger charge is -2.26. The van der Waals surface area contributed by atoms with Crippen molar-refractivity contribution < 1.29 is 4.74 Å². The molecule has 0 spiro atoms. The third kappa shape index (κ3) is 2.46. The van der Waals surface area contributed by atoms with Crippen LogP contribution in [0.4, 0.5) is 5.13 Å². The minimum atomic E-state index is 0.248. The number of para-hydroxylation sites is 1. The van der Waals surface area contributed by atoms with Gasteiger partial charge in [0, 0.05) is 36.2 Å². The highest BCUT2D eigenvalue weighted by atomic mass is 32.1. The average molecular weight is 312 g/mol. The number of fused-ring (bicyclic) bond motifs is 1. The van der Waals surface area contributed by atoms with Crippen LogP contribution in [0.15, 0.2) is 42.0 Å². The van der Waals surface area contributed by atoms with Gasteiger partial charge < -0.3 is 10.1 Å². The number of ether oxygens (including phenoxy) is 1. The van der Waals surface area contributed by atoms with E-state index in [2.05, 4.69) is 26.8 Å². The fourth-order valence-electron chi connectivity index (χ4n) is 2.67. The first-order valence-corrected chi connectivity index (χ1v) is 8.10. The molecule has 5 nitrogen and oxygen atoms in total. The quantitative estimate of drug-likeness (QED) is 0.804. The van der Waals surface area contributed by atoms with Gasteiger partial charge in [0.05, 0.1) is 24.5 Å². The van der Waals surface area contributed by atoms with Gasteiger partial charge in [-0.2, -0.15) is 5.10 Å². The molecule has 1 N–H and O–H groups in total. The maximum atomic E-state index is 5.70. The molecular formula is C16H16N4OS. The second-order valence-electron chi connectivity index (χ2n) is 5.31. The average Bonchev–Trinajstić information content (AvgIpc) is 3.17. The number of nitrogens with zero attached hydrogens (tertiary/aromatic N) is 3. The predicted octanol–water partition coefficient (Wildman–Crippen LogP) is 3.48. The van der Waals surface area contributed by atoms with Gasteiger partial charge in [-0.1, -0.05) is 18.2 Å². The summed E-state index contributed by atoms with van der Waals surface area (Å²) in [7, 11) is 1.91. The van der Waals surface area contributed by atoms with Gasteiger partial charge in [0.15, 0.2) is 5.13 Å². The van der Waals surface area contributed by atoms with Crippen LogP contribution in [0.3, 0.4) is 0 Å². The minimum Gasteiger partial charge on any atom is -0.493 e. The second-order valence-corrected chi connectivity index (χ2v) is 6.17. The number of thiazole rings is 1. The number of nitrogens with one attached hydrogen (secondary N) is 1. The molecule has 22 heavy (non-hydrogen) atoms. The number of anilines is 1. The van der Waals surface area contributed by atoms with Gasteiger partial charge in [0.1, 0.15) is 5.75 Å². The van der Waals surface area contributed by atoms with Gasteiger partial charge in [-0.3, -0.25) is 4.68 Å². The molecule has 4 rings (SSSR count). The van der Waals surface area contributed by atoms with Gasteiger partial charge in [0.2, 0.25) is 0 Å². The van der Waals surface area contributed by atoms with Crippen LogP contribution in [0, 0.1) is 0 Å². The number of rotatable bonds is 3. The molecule has 0 amide bonds. The Morgan fingerprint density at radius 1 is 1.36 bits per heavy atom. The molecule has 1 atom stereocenters. The van der Waals surface area contributed by atoms with Crippen molar-refractivity contribution in [1.82, 2.24) is 14.8 Å². The lowest BCUT2D eigenvalue weighted by molar-refractivity contribution is 0.274. The maximum Gasteiger partial charge on any atom is 0.183 e. The highest BCUT2D eigenvalue weighted by Crippen LogP contribution is 2.35. The molecule has 0 saturated heterocycles. The molecule has 6 heteroatoms. The van der Waals surface area contributed by atoms with Crippen LogP contribution in [0.5, 0.6) is 5.75 Å². The Bertz CT molecular complexity index is 795. The fraction of sp³-hybridized carbons (Fsp3) is 0.250. The largest absolute Gasteiger partial charge is 0.493 e. The van der Waals surface area contributed by atoms with Crippen LogP contribution in [0.25, 0.3) is 11.3 Å². The van der Waals surface area contributed by atoms with Crippen molar-refractivity contribution in [3.63, 3.8) is 0 Å². The molecular weight excluding hydrogens is 296 g/mol. The summed E-state index contributed by atoms with van der Waals surface area (Å²) in [5, 5.41) is 10.7. The summed E-state index contributed by atoms with van der Waals surface area (Å²) in [4.78, 5) is 4.67. The van der Waals surface area contributed by atoms with Gasteiger partial charge in [-0.05, 0) is 6.07 Å². The molecule has 2 aromatic heterocycles. The number of aromatic nitrogens is 3. The Labute approximate surface area is 132 Å². The van der Waals surface area contributed by atoms with Crippen molar-refractivity contribution in [1.29, 1.82) is 0 Å². The van der Waals surface area contributed by atoms with Crippen LogP contribution in [-0.4, -0.2) is 21.4 Å². The zero-order valence-corrected chi connectivity index (χ0v) is 13.0. The van der Waals surface area contributed by atoms with Gasteiger partial charge >= 0.3 is 0 Å². The van der Waals surface area contributed by atoms with Crippen molar-refractivity contribution in [3.8, 4) is 17.0 Å². The number of aryl methyl sites for hydroxylation is 1. The van der Waals surface area contributed by atoms with Gasteiger partial charge in [-0.15, -0.1) is 11.3 Å². The predicted molar refractivity (Wildman–Crippen MR) is 87.2 cm³/mol. The molecule has 0 aliphatic carbocycles. The SMILES string of the molecule is Cn1cc(-c2csc(NC3CCOc4ccccc43)n2)cn1. The van der Waals surface area contributed by atoms with E-state index >= 15 is 0 Å². The molecule has 1 unspecified atom stereocenters. The molecule has 0 radical (unpaired) electrons. The zero-order chi connectivity index (χ0) is 14.9. The molecule has 112 valence electrons. The van der Waals surface area contributed by atoms with Crippen molar-refractivity contribution in [2.24, 2.45) is 7.05 Å². The summed E-state index contributed by atoms with van der Waals surface area (Å²) < 4.78 is 7.49. The zero-order valence-electron chi connectivity index (χ0n) is 12.2. The number of benzene rings is 1. The molecule has 3 heterocycles. The lowest BCUT2D eigenvalue weighted by Crippen LogP contribution is -2.20. The maximum absolute atomic E-state index is 5.70. The van der Waals surface area contributed by atoms with E-state index in [4.69, 9.17) is 4.74 Å². The van der Waals surface area contributed by atoms with Crippen molar-refractivity contribution in [2.45, 2.75) is 12.5 Å². The van der Waals surface area contributed by atoms with Gasteiger partial charge in [-0.25, -0.2) is 4.98 Å². The van der Waals surface area contributed by atoms with E-state index in [0.717, 1.165) is 35.2 Å². The van der Waals surface area contributed by atoms with Crippen molar-refractivity contribution in [2.75, 3.05) is 11.9 Å². The lowest BCUT2D eigenvalue weighted by atomic mass is 10.0. The Morgan fingerprint density at radius 3 is 3.14 bits per heavy atom. The third-order valence-corrected chi connectivity index (χ3v) is 4.53. The van der Waals surface area contributed by atoms with Crippen molar-refractivity contribution in [3.05, 3.63) is 47.6 Å². The first-order chi connectivity index (χ1) is 10.8. The molecule has 0 saturated carbocycles. The van der Waals surface area contributed by atoms with Crippen LogP contribution in [0.1, 0.15) is 18.0 Å². The fourth-order valence-corrected chi connectivity index (χ4v) is 3.44. The Kier molecular flexibility index (Phi) is 3.31. The van der Waals surface area contributed by atoms with E-state index in [-0.39, 0.29) is 6.04 Å². The number of hydrogen-bond acceptors (Lipinski definition) is 5. The highest BCUT2D eigenvalue weighted by Gasteiger charge is 2.21. The van der Waals surface area contributed by atoms with Gasteiger partial charge in [0.25, 0.3) is 0 Å². The molecule has 0 fully saturated rings. The second kappa shape index (κ2) is 5.46. The van der Waals surface area contributed by atoms with Crippen LogP contribution in [-0.2, 0) is 7.05 Å². The molecule has 1 aromatic carbocycles. The Morgan fingerprint density at radius 2 is 2.27 bits per heavy atom. The van der Waals surface area contributed by atoms with E-state index in [0.29, 0.717) is 0 Å². The Hall–Kier alpha value is -2.34. The summed E-state index contributed by atoms with van der Waals surface area (Å²) in [5.41, 5.74) is 3.20. The van der Waals surface area contributed by atoms with Crippen LogP contribution < -0.4 is 10.1 Å². The summed E-state index contributed by atoms with van der Waals surface area (Å²) in [5.74, 6) is 0.968. The van der Waals surface area contributed by atoms with Crippen molar-refractivity contribution >= 4 is 16.5 Å². The first-order valence-electron chi connectivity index (χ1n) is 7.22. The summed E-state index contributed by atoms with van der Waals surface area (Å²) in [6.07, 6.45) is 4.75. The molecule has 3 aromatic rings. The molecule has 1 aliphatic rings. The van der Waals surface area contributed by atoms with E-state index in [1.165, 1.54) is 5.56 Å². The summed E-state index contributed by atoms with van der Waals surface area (Å²) in [6.45, 7) is 0.732. The smallest absolute Gasteiger partial charge is 0.183 e. The van der Waals surface area contributed by atoms with E-state index in [9.17, 15) is 0 Å². The molecule has 0 bridgehead atoms. The normalized spacial score (nSPS) is 16.9. The number of hydrogen-bond donors (Lipinski definition) is 1. The first kappa shape index (κ1) is 13.3. The topological polar surface area (TPSA) is 52.0 Å². The molecule has 1 aliphatic heterocycles. The van der Waals surface area contributed by atoms with Crippen LogP contribution in [0.2, 0.25) is 0 Å². The van der Waals surface area contributed by atoms with E-state index in [1.54, 1.807) is 16.0 Å². The Balaban J connectivity index is 1.56. The highest BCUT2D eigenvalue weighted by molar-refractivity contribution is 7.14.